The van der Waals surface area contributed by atoms with Crippen molar-refractivity contribution in [3.05, 3.63) is 109 Å². The van der Waals surface area contributed by atoms with Gasteiger partial charge in [-0.3, -0.25) is 9.36 Å². The number of allylic oxidation sites excluding steroid dienone is 17. The van der Waals surface area contributed by atoms with Crippen LogP contribution in [0.25, 0.3) is 0 Å². The molecule has 9 heteroatoms. The molecule has 8 nitrogen and oxygen atoms in total. The van der Waals surface area contributed by atoms with Crippen LogP contribution >= 0.6 is 7.82 Å². The number of phosphoric acid groups is 1. The first-order valence-corrected chi connectivity index (χ1v) is 27.7. The molecule has 0 aliphatic heterocycles. The van der Waals surface area contributed by atoms with Crippen LogP contribution in [0.3, 0.4) is 0 Å². The third-order valence-electron chi connectivity index (χ3n) is 11.0. The van der Waals surface area contributed by atoms with E-state index in [1.165, 1.54) is 77.0 Å². The fourth-order valence-corrected chi connectivity index (χ4v) is 7.58. The Bertz CT molecular complexity index is 1440. The van der Waals surface area contributed by atoms with Gasteiger partial charge in [0, 0.05) is 6.42 Å². The van der Waals surface area contributed by atoms with E-state index < -0.39 is 26.6 Å². The molecule has 0 fully saturated rings. The molecule has 66 heavy (non-hydrogen) atoms. The molecule has 0 aromatic carbocycles. The quantitative estimate of drug-likeness (QED) is 0.0272. The number of hydrogen-bond donors (Lipinski definition) is 2. The first-order valence-electron chi connectivity index (χ1n) is 26.2. The Morgan fingerprint density at radius 2 is 0.939 bits per heavy atom. The van der Waals surface area contributed by atoms with Crippen LogP contribution in [0.1, 0.15) is 194 Å². The first-order chi connectivity index (χ1) is 32.0. The highest BCUT2D eigenvalue weighted by molar-refractivity contribution is 7.45. The number of rotatable bonds is 46. The van der Waals surface area contributed by atoms with Crippen molar-refractivity contribution in [2.24, 2.45) is 0 Å². The lowest BCUT2D eigenvalue weighted by Gasteiger charge is -2.29. The van der Waals surface area contributed by atoms with Crippen LogP contribution < -0.4 is 10.2 Å². The number of aliphatic hydroxyl groups is 1. The molecule has 0 saturated heterocycles. The molecular formula is C57H99N2O6P. The lowest BCUT2D eigenvalue weighted by atomic mass is 10.1. The minimum atomic E-state index is -4.61. The summed E-state index contributed by atoms with van der Waals surface area (Å²) in [5.74, 6) is -0.220. The number of hydrogen-bond acceptors (Lipinski definition) is 6. The van der Waals surface area contributed by atoms with Gasteiger partial charge < -0.3 is 28.8 Å². The van der Waals surface area contributed by atoms with E-state index in [0.29, 0.717) is 17.4 Å². The summed E-state index contributed by atoms with van der Waals surface area (Å²) in [5, 5.41) is 13.8. The smallest absolute Gasteiger partial charge is 0.268 e. The number of nitrogens with zero attached hydrogens (tertiary/aromatic N) is 1. The van der Waals surface area contributed by atoms with Crippen molar-refractivity contribution in [3.63, 3.8) is 0 Å². The fourth-order valence-electron chi connectivity index (χ4n) is 6.85. The molecule has 378 valence electrons. The number of nitrogens with one attached hydrogen (secondary N) is 1. The van der Waals surface area contributed by atoms with E-state index >= 15 is 0 Å². The van der Waals surface area contributed by atoms with Gasteiger partial charge in [0.1, 0.15) is 13.2 Å². The molecule has 1 amide bonds. The zero-order valence-corrected chi connectivity index (χ0v) is 43.7. The van der Waals surface area contributed by atoms with Crippen molar-refractivity contribution in [2.45, 2.75) is 206 Å². The minimum absolute atomic E-state index is 0.0132. The number of aliphatic hydroxyl groups excluding tert-OH is 1. The molecule has 0 heterocycles. The predicted molar refractivity (Wildman–Crippen MR) is 283 cm³/mol. The van der Waals surface area contributed by atoms with E-state index in [0.717, 1.165) is 96.3 Å². The molecule has 3 atom stereocenters. The molecule has 0 aromatic rings. The summed E-state index contributed by atoms with van der Waals surface area (Å²) in [6.07, 6.45) is 68.7. The third-order valence-corrected chi connectivity index (χ3v) is 11.9. The van der Waals surface area contributed by atoms with Gasteiger partial charge in [0.05, 0.1) is 39.9 Å². The Labute approximate surface area is 406 Å². The average Bonchev–Trinajstić information content (AvgIpc) is 3.28. The largest absolute Gasteiger partial charge is 0.756 e. The van der Waals surface area contributed by atoms with Gasteiger partial charge in [-0.15, -0.1) is 0 Å². The summed E-state index contributed by atoms with van der Waals surface area (Å²) < 4.78 is 23.2. The zero-order chi connectivity index (χ0) is 48.5. The summed E-state index contributed by atoms with van der Waals surface area (Å²) >= 11 is 0. The molecule has 0 spiro atoms. The van der Waals surface area contributed by atoms with Crippen LogP contribution in [0, 0.1) is 0 Å². The van der Waals surface area contributed by atoms with Crippen molar-refractivity contribution in [2.75, 3.05) is 40.9 Å². The first kappa shape index (κ1) is 63.2. The zero-order valence-electron chi connectivity index (χ0n) is 42.9. The number of quaternary nitrogens is 1. The van der Waals surface area contributed by atoms with E-state index in [4.69, 9.17) is 9.05 Å². The van der Waals surface area contributed by atoms with Crippen LogP contribution in [0.4, 0.5) is 0 Å². The second-order valence-electron chi connectivity index (χ2n) is 18.5. The maximum absolute atomic E-state index is 12.9. The van der Waals surface area contributed by atoms with Crippen LogP contribution in [-0.2, 0) is 18.4 Å². The van der Waals surface area contributed by atoms with Gasteiger partial charge in [-0.05, 0) is 89.9 Å². The van der Waals surface area contributed by atoms with Gasteiger partial charge in [-0.25, -0.2) is 0 Å². The van der Waals surface area contributed by atoms with Crippen molar-refractivity contribution in [1.29, 1.82) is 0 Å². The van der Waals surface area contributed by atoms with E-state index in [-0.39, 0.29) is 12.5 Å². The van der Waals surface area contributed by atoms with Crippen molar-refractivity contribution in [1.82, 2.24) is 5.32 Å². The van der Waals surface area contributed by atoms with E-state index in [9.17, 15) is 19.4 Å². The predicted octanol–water partition coefficient (Wildman–Crippen LogP) is 15.0. The number of unbranched alkanes of at least 4 members (excludes halogenated alkanes) is 17. The highest BCUT2D eigenvalue weighted by Crippen LogP contribution is 2.38. The second-order valence-corrected chi connectivity index (χ2v) is 19.9. The molecular weight excluding hydrogens is 840 g/mol. The molecule has 0 rings (SSSR count). The highest BCUT2D eigenvalue weighted by Gasteiger charge is 2.23. The van der Waals surface area contributed by atoms with Gasteiger partial charge in [0.15, 0.2) is 0 Å². The molecule has 3 unspecified atom stereocenters. The topological polar surface area (TPSA) is 108 Å². The highest BCUT2D eigenvalue weighted by atomic mass is 31.2. The summed E-state index contributed by atoms with van der Waals surface area (Å²) in [4.78, 5) is 25.4. The molecule has 0 radical (unpaired) electrons. The Hall–Kier alpha value is -2.84. The molecule has 0 bridgehead atoms. The lowest BCUT2D eigenvalue weighted by Crippen LogP contribution is -2.45. The van der Waals surface area contributed by atoms with Gasteiger partial charge in [0.25, 0.3) is 7.82 Å². The Balaban J connectivity index is 4.24. The van der Waals surface area contributed by atoms with E-state index in [1.54, 1.807) is 6.08 Å². The van der Waals surface area contributed by atoms with Gasteiger partial charge >= 0.3 is 0 Å². The second kappa shape index (κ2) is 47.2. The van der Waals surface area contributed by atoms with Crippen LogP contribution in [0.5, 0.6) is 0 Å². The van der Waals surface area contributed by atoms with Crippen LogP contribution in [0.2, 0.25) is 0 Å². The standard InChI is InChI=1S/C57H99N2O6P/c1-6-8-10-12-14-16-18-20-21-22-23-24-25-26-27-28-29-30-31-32-33-34-35-36-37-39-41-43-45-47-49-51-57(61)58-55(54-65-66(62,63)64-53-52-59(3,4)5)56(60)50-48-46-44-42-40-38-19-17-15-13-11-9-7-2/h8,10,14,16,20-21,23-24,26-27,29-30,32-33,40,42,48,50,55-56,60H,6-7,9,11-13,15,17-19,22,25,28,31,34-39,41,43-47,49,51-54H2,1-5H3,(H-,58,61,62,63)/b10-8-,16-14-,21-20-,24-23-,27-26-,30-29-,33-32-,42-40+,50-48+. The van der Waals surface area contributed by atoms with Crippen molar-refractivity contribution in [3.8, 4) is 0 Å². The average molecular weight is 939 g/mol. The lowest BCUT2D eigenvalue weighted by molar-refractivity contribution is -0.870. The molecule has 0 aromatic heterocycles. The summed E-state index contributed by atoms with van der Waals surface area (Å²) in [6, 6.07) is -0.913. The number of carbonyl (C=O) groups is 1. The number of likely N-dealkylation sites (N-methyl/N-ethyl adjacent to an activating group) is 1. The van der Waals surface area contributed by atoms with Crippen molar-refractivity contribution < 1.29 is 32.9 Å². The third kappa shape index (κ3) is 49.1. The summed E-state index contributed by atoms with van der Waals surface area (Å²) in [5.41, 5.74) is 0. The Morgan fingerprint density at radius 3 is 1.41 bits per heavy atom. The molecule has 0 saturated carbocycles. The monoisotopic (exact) mass is 939 g/mol. The van der Waals surface area contributed by atoms with Crippen molar-refractivity contribution >= 4 is 13.7 Å². The number of carbonyl (C=O) groups excluding carboxylic acids is 1. The summed E-state index contributed by atoms with van der Waals surface area (Å²) in [6.45, 7) is 4.47. The molecule has 0 aliphatic carbocycles. The number of phosphoric ester groups is 1. The van der Waals surface area contributed by atoms with Gasteiger partial charge in [-0.1, -0.05) is 207 Å². The molecule has 2 N–H and O–H groups in total. The number of amides is 1. The van der Waals surface area contributed by atoms with Crippen LogP contribution in [-0.4, -0.2) is 68.5 Å². The normalized spacial score (nSPS) is 15.0. The molecule has 0 aliphatic rings. The SMILES string of the molecule is CC/C=C\C/C=C\C/C=C\C/C=C\C/C=C\C/C=C\C/C=C\CCCCCCCCCCCC(=O)NC(COP(=O)([O-])OCC[N+](C)(C)C)C(O)/C=C/CC/C=C/CCCCCCCCC. The van der Waals surface area contributed by atoms with E-state index in [1.807, 2.05) is 27.2 Å². The van der Waals surface area contributed by atoms with Crippen LogP contribution in [0.15, 0.2) is 109 Å². The Morgan fingerprint density at radius 1 is 0.545 bits per heavy atom. The summed E-state index contributed by atoms with van der Waals surface area (Å²) in [7, 11) is 1.22. The maximum Gasteiger partial charge on any atom is 0.268 e. The maximum atomic E-state index is 12.9. The van der Waals surface area contributed by atoms with Gasteiger partial charge in [0.2, 0.25) is 5.91 Å². The Kier molecular flexibility index (Phi) is 45.2. The minimum Gasteiger partial charge on any atom is -0.756 e. The fraction of sp³-hybridized carbons (Fsp3) is 0.667. The van der Waals surface area contributed by atoms with Gasteiger partial charge in [-0.2, -0.15) is 0 Å². The van der Waals surface area contributed by atoms with E-state index in [2.05, 4.69) is 116 Å².